The maximum Gasteiger partial charge on any atom is 0.0266 e. The molecular formula is C17H21N. The van der Waals surface area contributed by atoms with Gasteiger partial charge in [-0.1, -0.05) is 55.5 Å². The Bertz CT molecular complexity index is 480. The standard InChI is InChI=1S/C17H21N/c1-3-14-4-6-15(7-5-14)12-16-8-10-17(11-9-16)13(2)18/h4-11,13H,3,12,18H2,1-2H3/t13-/m0/s1. The maximum absolute atomic E-state index is 5.85. The van der Waals surface area contributed by atoms with Crippen LogP contribution in [0.25, 0.3) is 0 Å². The minimum absolute atomic E-state index is 0.114. The van der Waals surface area contributed by atoms with Crippen LogP contribution >= 0.6 is 0 Å². The Kier molecular flexibility index (Phi) is 4.16. The lowest BCUT2D eigenvalue weighted by Gasteiger charge is -2.07. The molecule has 1 nitrogen and oxygen atoms in total. The zero-order valence-corrected chi connectivity index (χ0v) is 11.2. The number of nitrogens with two attached hydrogens (primary N) is 1. The second-order valence-corrected chi connectivity index (χ2v) is 4.88. The third-order valence-corrected chi connectivity index (χ3v) is 3.34. The summed E-state index contributed by atoms with van der Waals surface area (Å²) in [4.78, 5) is 0. The van der Waals surface area contributed by atoms with Gasteiger partial charge in [0.05, 0.1) is 0 Å². The van der Waals surface area contributed by atoms with Gasteiger partial charge >= 0.3 is 0 Å². The number of hydrogen-bond acceptors (Lipinski definition) is 1. The molecule has 0 amide bonds. The molecule has 2 N–H and O–H groups in total. The zero-order chi connectivity index (χ0) is 13.0. The first kappa shape index (κ1) is 12.8. The largest absolute Gasteiger partial charge is 0.324 e. The molecule has 0 saturated heterocycles. The van der Waals surface area contributed by atoms with E-state index in [4.69, 9.17) is 5.73 Å². The third-order valence-electron chi connectivity index (χ3n) is 3.34. The van der Waals surface area contributed by atoms with E-state index in [-0.39, 0.29) is 6.04 Å². The fourth-order valence-corrected chi connectivity index (χ4v) is 2.07. The molecule has 1 atom stereocenters. The highest BCUT2D eigenvalue weighted by atomic mass is 14.6. The van der Waals surface area contributed by atoms with Crippen molar-refractivity contribution >= 4 is 0 Å². The molecular weight excluding hydrogens is 218 g/mol. The molecule has 0 aliphatic heterocycles. The molecule has 0 bridgehead atoms. The van der Waals surface area contributed by atoms with Crippen molar-refractivity contribution in [2.75, 3.05) is 0 Å². The van der Waals surface area contributed by atoms with E-state index in [0.717, 1.165) is 12.8 Å². The van der Waals surface area contributed by atoms with Crippen LogP contribution in [0.4, 0.5) is 0 Å². The fourth-order valence-electron chi connectivity index (χ4n) is 2.07. The summed E-state index contributed by atoms with van der Waals surface area (Å²) in [6.45, 7) is 4.19. The lowest BCUT2D eigenvalue weighted by atomic mass is 10.0. The van der Waals surface area contributed by atoms with Gasteiger partial charge in [-0.15, -0.1) is 0 Å². The number of hydrogen-bond donors (Lipinski definition) is 1. The van der Waals surface area contributed by atoms with E-state index in [2.05, 4.69) is 55.5 Å². The molecule has 94 valence electrons. The van der Waals surface area contributed by atoms with Crippen LogP contribution < -0.4 is 5.73 Å². The molecule has 0 saturated carbocycles. The van der Waals surface area contributed by atoms with E-state index in [0.29, 0.717) is 0 Å². The topological polar surface area (TPSA) is 26.0 Å². The van der Waals surface area contributed by atoms with Gasteiger partial charge in [0.1, 0.15) is 0 Å². The summed E-state index contributed by atoms with van der Waals surface area (Å²) in [6.07, 6.45) is 2.09. The monoisotopic (exact) mass is 239 g/mol. The Morgan fingerprint density at radius 3 is 1.72 bits per heavy atom. The zero-order valence-electron chi connectivity index (χ0n) is 11.2. The van der Waals surface area contributed by atoms with Crippen molar-refractivity contribution in [3.8, 4) is 0 Å². The molecule has 0 radical (unpaired) electrons. The van der Waals surface area contributed by atoms with Gasteiger partial charge in [-0.25, -0.2) is 0 Å². The summed E-state index contributed by atoms with van der Waals surface area (Å²) in [5.41, 5.74) is 11.1. The van der Waals surface area contributed by atoms with Gasteiger partial charge < -0.3 is 5.73 Å². The Labute approximate surface area is 110 Å². The molecule has 2 aromatic rings. The Balaban J connectivity index is 2.08. The minimum Gasteiger partial charge on any atom is -0.324 e. The third kappa shape index (κ3) is 3.21. The van der Waals surface area contributed by atoms with Crippen LogP contribution in [-0.2, 0) is 12.8 Å². The summed E-state index contributed by atoms with van der Waals surface area (Å²) < 4.78 is 0. The smallest absolute Gasteiger partial charge is 0.0266 e. The molecule has 2 rings (SSSR count). The molecule has 0 fully saturated rings. The van der Waals surface area contributed by atoms with Crippen LogP contribution in [0.15, 0.2) is 48.5 Å². The molecule has 1 heteroatoms. The Morgan fingerprint density at radius 1 is 0.833 bits per heavy atom. The first-order valence-electron chi connectivity index (χ1n) is 6.61. The van der Waals surface area contributed by atoms with Crippen molar-refractivity contribution in [2.24, 2.45) is 5.73 Å². The van der Waals surface area contributed by atoms with Gasteiger partial charge in [0.25, 0.3) is 0 Å². The molecule has 0 aliphatic rings. The van der Waals surface area contributed by atoms with E-state index >= 15 is 0 Å². The SMILES string of the molecule is CCc1ccc(Cc2ccc([C@H](C)N)cc2)cc1. The minimum atomic E-state index is 0.114. The highest BCUT2D eigenvalue weighted by molar-refractivity contribution is 5.31. The van der Waals surface area contributed by atoms with Crippen molar-refractivity contribution in [1.29, 1.82) is 0 Å². The van der Waals surface area contributed by atoms with Crippen molar-refractivity contribution < 1.29 is 0 Å². The average molecular weight is 239 g/mol. The maximum atomic E-state index is 5.85. The molecule has 0 unspecified atom stereocenters. The van der Waals surface area contributed by atoms with E-state index < -0.39 is 0 Å². The lowest BCUT2D eigenvalue weighted by molar-refractivity contribution is 0.817. The summed E-state index contributed by atoms with van der Waals surface area (Å²) >= 11 is 0. The molecule has 0 aromatic heterocycles. The summed E-state index contributed by atoms with van der Waals surface area (Å²) in [5, 5.41) is 0. The van der Waals surface area contributed by atoms with Crippen molar-refractivity contribution in [2.45, 2.75) is 32.7 Å². The van der Waals surface area contributed by atoms with Crippen LogP contribution in [0.1, 0.15) is 42.1 Å². The molecule has 18 heavy (non-hydrogen) atoms. The fraction of sp³-hybridized carbons (Fsp3) is 0.294. The number of benzene rings is 2. The number of rotatable bonds is 4. The summed E-state index contributed by atoms with van der Waals surface area (Å²) in [7, 11) is 0. The van der Waals surface area contributed by atoms with Gasteiger partial charge in [-0.05, 0) is 42.0 Å². The lowest BCUT2D eigenvalue weighted by Crippen LogP contribution is -2.04. The van der Waals surface area contributed by atoms with Gasteiger partial charge in [-0.3, -0.25) is 0 Å². The van der Waals surface area contributed by atoms with Crippen LogP contribution in [0.3, 0.4) is 0 Å². The van der Waals surface area contributed by atoms with Crippen LogP contribution in [0, 0.1) is 0 Å². The van der Waals surface area contributed by atoms with Crippen molar-refractivity contribution in [3.05, 3.63) is 70.8 Å². The van der Waals surface area contributed by atoms with Gasteiger partial charge in [0.2, 0.25) is 0 Å². The molecule has 2 aromatic carbocycles. The molecule has 0 heterocycles. The first-order valence-corrected chi connectivity index (χ1v) is 6.61. The van der Waals surface area contributed by atoms with E-state index in [1.54, 1.807) is 0 Å². The van der Waals surface area contributed by atoms with Gasteiger partial charge in [-0.2, -0.15) is 0 Å². The summed E-state index contributed by atoms with van der Waals surface area (Å²) in [5.74, 6) is 0. The first-order chi connectivity index (χ1) is 8.69. The second-order valence-electron chi connectivity index (χ2n) is 4.88. The van der Waals surface area contributed by atoms with Crippen LogP contribution in [0.5, 0.6) is 0 Å². The van der Waals surface area contributed by atoms with Crippen molar-refractivity contribution in [3.63, 3.8) is 0 Å². The Hall–Kier alpha value is -1.60. The van der Waals surface area contributed by atoms with E-state index in [9.17, 15) is 0 Å². The van der Waals surface area contributed by atoms with Gasteiger partial charge in [0.15, 0.2) is 0 Å². The summed E-state index contributed by atoms with van der Waals surface area (Å²) in [6, 6.07) is 17.6. The molecule has 0 aliphatic carbocycles. The van der Waals surface area contributed by atoms with Crippen LogP contribution in [0.2, 0.25) is 0 Å². The highest BCUT2D eigenvalue weighted by Crippen LogP contribution is 2.14. The normalized spacial score (nSPS) is 12.4. The predicted octanol–water partition coefficient (Wildman–Crippen LogP) is 3.86. The quantitative estimate of drug-likeness (QED) is 0.861. The van der Waals surface area contributed by atoms with Crippen LogP contribution in [-0.4, -0.2) is 0 Å². The highest BCUT2D eigenvalue weighted by Gasteiger charge is 2.00. The molecule has 0 spiro atoms. The second kappa shape index (κ2) is 5.83. The van der Waals surface area contributed by atoms with Crippen molar-refractivity contribution in [1.82, 2.24) is 0 Å². The number of aryl methyl sites for hydroxylation is 1. The average Bonchev–Trinajstić information content (AvgIpc) is 2.40. The van der Waals surface area contributed by atoms with Gasteiger partial charge in [0, 0.05) is 6.04 Å². The Morgan fingerprint density at radius 2 is 1.28 bits per heavy atom. The van der Waals surface area contributed by atoms with E-state index in [1.807, 2.05) is 6.92 Å². The van der Waals surface area contributed by atoms with E-state index in [1.165, 1.54) is 22.3 Å². The predicted molar refractivity (Wildman–Crippen MR) is 77.7 cm³/mol.